The minimum absolute atomic E-state index is 0.679. The van der Waals surface area contributed by atoms with Gasteiger partial charge in [-0.25, -0.2) is 0 Å². The van der Waals surface area contributed by atoms with E-state index < -0.39 is 0 Å². The van der Waals surface area contributed by atoms with Gasteiger partial charge in [0.1, 0.15) is 5.75 Å². The van der Waals surface area contributed by atoms with Crippen LogP contribution in [0.15, 0.2) is 24.3 Å². The van der Waals surface area contributed by atoms with E-state index in [0.29, 0.717) is 13.2 Å². The van der Waals surface area contributed by atoms with Crippen LogP contribution in [0.4, 0.5) is 0 Å². The SMILES string of the molecule is CCCCN(C)Cc1ccccc1OCCCN. The summed E-state index contributed by atoms with van der Waals surface area (Å²) in [5.74, 6) is 0.995. The van der Waals surface area contributed by atoms with E-state index in [-0.39, 0.29) is 0 Å². The molecule has 0 fully saturated rings. The second-order valence-electron chi connectivity index (χ2n) is 4.69. The van der Waals surface area contributed by atoms with Crippen LogP contribution in [-0.2, 0) is 6.54 Å². The van der Waals surface area contributed by atoms with Gasteiger partial charge in [-0.2, -0.15) is 0 Å². The van der Waals surface area contributed by atoms with Crippen molar-refractivity contribution in [2.45, 2.75) is 32.7 Å². The van der Waals surface area contributed by atoms with Crippen LogP contribution in [0.1, 0.15) is 31.7 Å². The van der Waals surface area contributed by atoms with Crippen molar-refractivity contribution in [1.29, 1.82) is 0 Å². The third-order valence-corrected chi connectivity index (χ3v) is 2.91. The number of benzene rings is 1. The fourth-order valence-electron chi connectivity index (χ4n) is 1.84. The molecule has 1 aromatic carbocycles. The molecule has 0 aromatic heterocycles. The molecule has 2 N–H and O–H groups in total. The number of para-hydroxylation sites is 1. The van der Waals surface area contributed by atoms with Crippen LogP contribution in [0.3, 0.4) is 0 Å². The summed E-state index contributed by atoms with van der Waals surface area (Å²) in [5, 5.41) is 0. The van der Waals surface area contributed by atoms with Gasteiger partial charge < -0.3 is 15.4 Å². The molecule has 0 radical (unpaired) electrons. The number of rotatable bonds is 9. The average molecular weight is 250 g/mol. The van der Waals surface area contributed by atoms with E-state index in [0.717, 1.165) is 25.3 Å². The molecular formula is C15H26N2O. The Morgan fingerprint density at radius 2 is 2.00 bits per heavy atom. The molecule has 0 aliphatic rings. The lowest BCUT2D eigenvalue weighted by Crippen LogP contribution is -2.19. The smallest absolute Gasteiger partial charge is 0.123 e. The van der Waals surface area contributed by atoms with E-state index in [9.17, 15) is 0 Å². The summed E-state index contributed by atoms with van der Waals surface area (Å²) >= 11 is 0. The lowest BCUT2D eigenvalue weighted by Gasteiger charge is -2.18. The molecule has 0 bridgehead atoms. The van der Waals surface area contributed by atoms with Crippen LogP contribution in [0.2, 0.25) is 0 Å². The van der Waals surface area contributed by atoms with E-state index in [1.807, 2.05) is 12.1 Å². The van der Waals surface area contributed by atoms with Crippen LogP contribution in [0.25, 0.3) is 0 Å². The normalized spacial score (nSPS) is 10.9. The lowest BCUT2D eigenvalue weighted by atomic mass is 10.2. The molecule has 3 heteroatoms. The summed E-state index contributed by atoms with van der Waals surface area (Å²) in [4.78, 5) is 2.34. The first kappa shape index (κ1) is 15.0. The van der Waals surface area contributed by atoms with Crippen molar-refractivity contribution in [2.75, 3.05) is 26.7 Å². The van der Waals surface area contributed by atoms with Gasteiger partial charge in [0.2, 0.25) is 0 Å². The lowest BCUT2D eigenvalue weighted by molar-refractivity contribution is 0.288. The molecule has 0 aliphatic carbocycles. The zero-order valence-electron chi connectivity index (χ0n) is 11.7. The standard InChI is InChI=1S/C15H26N2O/c1-3-4-11-17(2)13-14-8-5-6-9-15(14)18-12-7-10-16/h5-6,8-9H,3-4,7,10-13,16H2,1-2H3. The molecule has 0 atom stereocenters. The third kappa shape index (κ3) is 5.52. The van der Waals surface area contributed by atoms with Crippen molar-refractivity contribution in [1.82, 2.24) is 4.90 Å². The van der Waals surface area contributed by atoms with E-state index in [4.69, 9.17) is 10.5 Å². The van der Waals surface area contributed by atoms with Crippen LogP contribution in [0.5, 0.6) is 5.75 Å². The molecule has 0 unspecified atom stereocenters. The molecule has 1 aromatic rings. The molecule has 102 valence electrons. The number of nitrogens with two attached hydrogens (primary N) is 1. The van der Waals surface area contributed by atoms with Gasteiger partial charge >= 0.3 is 0 Å². The minimum atomic E-state index is 0.679. The summed E-state index contributed by atoms with van der Waals surface area (Å²) in [6, 6.07) is 8.27. The van der Waals surface area contributed by atoms with Gasteiger partial charge in [0.05, 0.1) is 6.61 Å². The maximum absolute atomic E-state index is 5.78. The molecule has 3 nitrogen and oxygen atoms in total. The highest BCUT2D eigenvalue weighted by Gasteiger charge is 2.05. The zero-order valence-corrected chi connectivity index (χ0v) is 11.7. The van der Waals surface area contributed by atoms with Crippen LogP contribution >= 0.6 is 0 Å². The highest BCUT2D eigenvalue weighted by atomic mass is 16.5. The Kier molecular flexibility index (Phi) is 7.46. The van der Waals surface area contributed by atoms with Gasteiger partial charge in [0.25, 0.3) is 0 Å². The van der Waals surface area contributed by atoms with Crippen molar-refractivity contribution in [3.63, 3.8) is 0 Å². The summed E-state index contributed by atoms with van der Waals surface area (Å²) in [5.41, 5.74) is 6.74. The minimum Gasteiger partial charge on any atom is -0.493 e. The first-order chi connectivity index (χ1) is 8.77. The van der Waals surface area contributed by atoms with Crippen LogP contribution in [-0.4, -0.2) is 31.6 Å². The Morgan fingerprint density at radius 1 is 1.22 bits per heavy atom. The van der Waals surface area contributed by atoms with Crippen molar-refractivity contribution in [2.24, 2.45) is 5.73 Å². The maximum Gasteiger partial charge on any atom is 0.123 e. The van der Waals surface area contributed by atoms with Gasteiger partial charge in [-0.3, -0.25) is 0 Å². The van der Waals surface area contributed by atoms with Gasteiger partial charge in [-0.05, 0) is 39.0 Å². The molecule has 0 amide bonds. The van der Waals surface area contributed by atoms with Gasteiger partial charge in [-0.1, -0.05) is 31.5 Å². The molecule has 0 heterocycles. The van der Waals surface area contributed by atoms with E-state index >= 15 is 0 Å². The second kappa shape index (κ2) is 8.95. The monoisotopic (exact) mass is 250 g/mol. The fourth-order valence-corrected chi connectivity index (χ4v) is 1.84. The maximum atomic E-state index is 5.78. The van der Waals surface area contributed by atoms with Crippen molar-refractivity contribution in [3.05, 3.63) is 29.8 Å². The quantitative estimate of drug-likeness (QED) is 0.685. The molecule has 1 rings (SSSR count). The first-order valence-electron chi connectivity index (χ1n) is 6.87. The number of nitrogens with zero attached hydrogens (tertiary/aromatic N) is 1. The highest BCUT2D eigenvalue weighted by molar-refractivity contribution is 5.33. The van der Waals surface area contributed by atoms with E-state index in [2.05, 4.69) is 31.0 Å². The second-order valence-corrected chi connectivity index (χ2v) is 4.69. The molecule has 18 heavy (non-hydrogen) atoms. The zero-order chi connectivity index (χ0) is 13.2. The Bertz CT molecular complexity index is 328. The van der Waals surface area contributed by atoms with E-state index in [1.165, 1.54) is 18.4 Å². The Balaban J connectivity index is 2.52. The van der Waals surface area contributed by atoms with Crippen molar-refractivity contribution < 1.29 is 4.74 Å². The summed E-state index contributed by atoms with van der Waals surface area (Å²) in [6.07, 6.45) is 3.38. The summed E-state index contributed by atoms with van der Waals surface area (Å²) < 4.78 is 5.78. The van der Waals surface area contributed by atoms with Gasteiger partial charge in [-0.15, -0.1) is 0 Å². The molecular weight excluding hydrogens is 224 g/mol. The first-order valence-corrected chi connectivity index (χ1v) is 6.87. The average Bonchev–Trinajstić information content (AvgIpc) is 2.38. The number of hydrogen-bond donors (Lipinski definition) is 1. The van der Waals surface area contributed by atoms with Gasteiger partial charge in [0, 0.05) is 12.1 Å². The molecule has 0 spiro atoms. The fraction of sp³-hybridized carbons (Fsp3) is 0.600. The predicted octanol–water partition coefficient (Wildman–Crippen LogP) is 2.65. The summed E-state index contributed by atoms with van der Waals surface area (Å²) in [6.45, 7) is 5.68. The predicted molar refractivity (Wildman–Crippen MR) is 76.9 cm³/mol. The molecule has 0 saturated heterocycles. The third-order valence-electron chi connectivity index (χ3n) is 2.91. The number of ether oxygens (including phenoxy) is 1. The molecule has 0 aliphatic heterocycles. The Hall–Kier alpha value is -1.06. The van der Waals surface area contributed by atoms with E-state index in [1.54, 1.807) is 0 Å². The van der Waals surface area contributed by atoms with Crippen LogP contribution in [0, 0.1) is 0 Å². The van der Waals surface area contributed by atoms with Crippen LogP contribution < -0.4 is 10.5 Å². The van der Waals surface area contributed by atoms with Gasteiger partial charge in [0.15, 0.2) is 0 Å². The largest absolute Gasteiger partial charge is 0.493 e. The highest BCUT2D eigenvalue weighted by Crippen LogP contribution is 2.19. The Labute approximate surface area is 111 Å². The topological polar surface area (TPSA) is 38.5 Å². The number of unbranched alkanes of at least 4 members (excludes halogenated alkanes) is 1. The van der Waals surface area contributed by atoms with Crippen molar-refractivity contribution in [3.8, 4) is 5.75 Å². The summed E-state index contributed by atoms with van der Waals surface area (Å²) in [7, 11) is 2.16. The Morgan fingerprint density at radius 3 is 2.72 bits per heavy atom. The number of hydrogen-bond acceptors (Lipinski definition) is 3. The molecule has 0 saturated carbocycles. The van der Waals surface area contributed by atoms with Crippen molar-refractivity contribution >= 4 is 0 Å².